The highest BCUT2D eigenvalue weighted by Crippen LogP contribution is 2.32. The molecule has 29 heavy (non-hydrogen) atoms. The van der Waals surface area contributed by atoms with Crippen LogP contribution in [0.2, 0.25) is 0 Å². The molecule has 0 bridgehead atoms. The summed E-state index contributed by atoms with van der Waals surface area (Å²) in [7, 11) is 3.38. The van der Waals surface area contributed by atoms with Gasteiger partial charge < -0.3 is 14.4 Å². The summed E-state index contributed by atoms with van der Waals surface area (Å²) in [6, 6.07) is 9.90. The minimum Gasteiger partial charge on any atom is -0.496 e. The van der Waals surface area contributed by atoms with Crippen molar-refractivity contribution in [2.24, 2.45) is 0 Å². The first-order chi connectivity index (χ1) is 14.3. The molecule has 0 unspecified atom stereocenters. The molecule has 1 aliphatic rings. The molecule has 0 spiro atoms. The van der Waals surface area contributed by atoms with Gasteiger partial charge in [-0.15, -0.1) is 0 Å². The smallest absolute Gasteiger partial charge is 0.205 e. The molecule has 1 fully saturated rings. The molecule has 0 saturated carbocycles. The number of hydrogen-bond acceptors (Lipinski definition) is 8. The number of nitrogens with zero attached hydrogens (tertiary/aromatic N) is 5. The number of rotatable bonds is 7. The van der Waals surface area contributed by atoms with E-state index in [1.54, 1.807) is 14.2 Å². The summed E-state index contributed by atoms with van der Waals surface area (Å²) in [5.74, 6) is 2.95. The Morgan fingerprint density at radius 2 is 1.93 bits per heavy atom. The Hall–Kier alpha value is -2.58. The van der Waals surface area contributed by atoms with Crippen LogP contribution >= 0.6 is 11.5 Å². The van der Waals surface area contributed by atoms with E-state index in [0.29, 0.717) is 12.5 Å². The predicted octanol–water partition coefficient (Wildman–Crippen LogP) is 3.58. The van der Waals surface area contributed by atoms with E-state index in [-0.39, 0.29) is 0 Å². The monoisotopic (exact) mass is 411 g/mol. The van der Waals surface area contributed by atoms with Crippen LogP contribution in [0.15, 0.2) is 36.5 Å². The summed E-state index contributed by atoms with van der Waals surface area (Å²) in [4.78, 5) is 16.4. The highest BCUT2D eigenvalue weighted by Gasteiger charge is 2.25. The Labute approximate surface area is 174 Å². The molecule has 152 valence electrons. The second kappa shape index (κ2) is 9.28. The molecular weight excluding hydrogens is 386 g/mol. The van der Waals surface area contributed by atoms with Crippen molar-refractivity contribution in [3.8, 4) is 17.0 Å². The minimum absolute atomic E-state index is 0.349. The van der Waals surface area contributed by atoms with Crippen molar-refractivity contribution in [2.75, 3.05) is 38.8 Å². The number of aromatic nitrogens is 4. The summed E-state index contributed by atoms with van der Waals surface area (Å²) in [5.41, 5.74) is 1.90. The van der Waals surface area contributed by atoms with Gasteiger partial charge in [-0.25, -0.2) is 15.0 Å². The molecule has 4 rings (SSSR count). The molecular formula is C21H25N5O2S. The van der Waals surface area contributed by atoms with Gasteiger partial charge in [-0.1, -0.05) is 12.1 Å². The Morgan fingerprint density at radius 3 is 2.72 bits per heavy atom. The highest BCUT2D eigenvalue weighted by molar-refractivity contribution is 7.09. The third-order valence-electron chi connectivity index (χ3n) is 5.17. The van der Waals surface area contributed by atoms with Gasteiger partial charge in [0.15, 0.2) is 0 Å². The average Bonchev–Trinajstić information content (AvgIpc) is 3.27. The minimum atomic E-state index is 0.349. The lowest BCUT2D eigenvalue weighted by Gasteiger charge is -2.30. The SMILES string of the molecule is COCCc1nsc(N2CCC(c3nccc(-c4ccccc4OC)n3)CC2)n1. The lowest BCUT2D eigenvalue weighted by molar-refractivity contribution is 0.201. The second-order valence-electron chi connectivity index (χ2n) is 7.00. The molecule has 0 atom stereocenters. The molecule has 7 nitrogen and oxygen atoms in total. The Bertz CT molecular complexity index is 940. The van der Waals surface area contributed by atoms with E-state index in [2.05, 4.69) is 19.2 Å². The quantitative estimate of drug-likeness (QED) is 0.588. The first-order valence-corrected chi connectivity index (χ1v) is 10.6. The summed E-state index contributed by atoms with van der Waals surface area (Å²) in [6.07, 6.45) is 4.61. The summed E-state index contributed by atoms with van der Waals surface area (Å²) < 4.78 is 15.0. The first-order valence-electron chi connectivity index (χ1n) is 9.81. The van der Waals surface area contributed by atoms with Gasteiger partial charge in [0.2, 0.25) is 5.13 Å². The topological polar surface area (TPSA) is 73.3 Å². The largest absolute Gasteiger partial charge is 0.496 e. The zero-order chi connectivity index (χ0) is 20.1. The number of methoxy groups -OCH3 is 2. The Balaban J connectivity index is 1.43. The second-order valence-corrected chi connectivity index (χ2v) is 7.73. The number of benzene rings is 1. The standard InChI is InChI=1S/C21H25N5O2S/c1-27-14-10-19-24-21(29-25-19)26-12-8-15(9-13-26)20-22-11-7-17(23-20)16-5-3-4-6-18(16)28-2/h3-7,11,15H,8-10,12-14H2,1-2H3. The van der Waals surface area contributed by atoms with Crippen LogP contribution in [0.1, 0.15) is 30.4 Å². The molecule has 0 N–H and O–H groups in total. The van der Waals surface area contributed by atoms with E-state index in [1.807, 2.05) is 36.5 Å². The van der Waals surface area contributed by atoms with Crippen LogP contribution in [0.25, 0.3) is 11.3 Å². The Morgan fingerprint density at radius 1 is 1.10 bits per heavy atom. The average molecular weight is 412 g/mol. The van der Waals surface area contributed by atoms with Crippen LogP contribution in [0, 0.1) is 0 Å². The maximum Gasteiger partial charge on any atom is 0.205 e. The van der Waals surface area contributed by atoms with Gasteiger partial charge in [-0.2, -0.15) is 4.37 Å². The zero-order valence-electron chi connectivity index (χ0n) is 16.7. The number of para-hydroxylation sites is 1. The normalized spacial score (nSPS) is 14.9. The fourth-order valence-electron chi connectivity index (χ4n) is 3.57. The molecule has 0 amide bonds. The number of hydrogen-bond donors (Lipinski definition) is 0. The van der Waals surface area contributed by atoms with Crippen molar-refractivity contribution in [2.45, 2.75) is 25.2 Å². The van der Waals surface area contributed by atoms with Crippen molar-refractivity contribution >= 4 is 16.7 Å². The third kappa shape index (κ3) is 4.54. The van der Waals surface area contributed by atoms with Crippen molar-refractivity contribution in [1.82, 2.24) is 19.3 Å². The highest BCUT2D eigenvalue weighted by atomic mass is 32.1. The van der Waals surface area contributed by atoms with Crippen molar-refractivity contribution in [1.29, 1.82) is 0 Å². The first kappa shape index (κ1) is 19.7. The van der Waals surface area contributed by atoms with E-state index in [1.165, 1.54) is 11.5 Å². The number of piperidine rings is 1. The van der Waals surface area contributed by atoms with E-state index in [4.69, 9.17) is 14.5 Å². The van der Waals surface area contributed by atoms with Gasteiger partial charge in [0.05, 0.1) is 19.4 Å². The number of ether oxygens (including phenoxy) is 2. The van der Waals surface area contributed by atoms with Gasteiger partial charge in [-0.05, 0) is 31.0 Å². The lowest BCUT2D eigenvalue weighted by atomic mass is 9.96. The molecule has 0 aliphatic carbocycles. The van der Waals surface area contributed by atoms with Gasteiger partial charge >= 0.3 is 0 Å². The molecule has 2 aromatic heterocycles. The van der Waals surface area contributed by atoms with Crippen molar-refractivity contribution in [3.63, 3.8) is 0 Å². The molecule has 3 aromatic rings. The summed E-state index contributed by atoms with van der Waals surface area (Å²) in [5, 5.41) is 0.998. The maximum atomic E-state index is 5.49. The van der Waals surface area contributed by atoms with Crippen LogP contribution in [0.4, 0.5) is 5.13 Å². The van der Waals surface area contributed by atoms with Crippen molar-refractivity contribution in [3.05, 3.63) is 48.2 Å². The molecule has 3 heterocycles. The van der Waals surface area contributed by atoms with Crippen molar-refractivity contribution < 1.29 is 9.47 Å². The van der Waals surface area contributed by atoms with Gasteiger partial charge in [-0.3, -0.25) is 0 Å². The summed E-state index contributed by atoms with van der Waals surface area (Å²) >= 11 is 1.47. The lowest BCUT2D eigenvalue weighted by Crippen LogP contribution is -2.33. The molecule has 1 aromatic carbocycles. The number of anilines is 1. The molecule has 1 saturated heterocycles. The molecule has 1 aliphatic heterocycles. The Kier molecular flexibility index (Phi) is 6.31. The van der Waals surface area contributed by atoms with Crippen LogP contribution in [-0.4, -0.2) is 53.2 Å². The van der Waals surface area contributed by atoms with Gasteiger partial charge in [0.25, 0.3) is 0 Å². The van der Waals surface area contributed by atoms with E-state index >= 15 is 0 Å². The van der Waals surface area contributed by atoms with Gasteiger partial charge in [0, 0.05) is 55.8 Å². The van der Waals surface area contributed by atoms with E-state index in [0.717, 1.165) is 66.1 Å². The molecule has 0 radical (unpaired) electrons. The predicted molar refractivity (Wildman–Crippen MR) is 114 cm³/mol. The van der Waals surface area contributed by atoms with E-state index < -0.39 is 0 Å². The fraction of sp³-hybridized carbons (Fsp3) is 0.429. The van der Waals surface area contributed by atoms with E-state index in [9.17, 15) is 0 Å². The van der Waals surface area contributed by atoms with Crippen LogP contribution < -0.4 is 9.64 Å². The van der Waals surface area contributed by atoms with Gasteiger partial charge in [0.1, 0.15) is 17.4 Å². The maximum absolute atomic E-state index is 5.49. The van der Waals surface area contributed by atoms with Crippen LogP contribution in [0.5, 0.6) is 5.75 Å². The molecule has 8 heteroatoms. The zero-order valence-corrected chi connectivity index (χ0v) is 17.6. The third-order valence-corrected chi connectivity index (χ3v) is 5.99. The van der Waals surface area contributed by atoms with Crippen LogP contribution in [0.3, 0.4) is 0 Å². The summed E-state index contributed by atoms with van der Waals surface area (Å²) in [6.45, 7) is 2.52. The van der Waals surface area contributed by atoms with Crippen LogP contribution in [-0.2, 0) is 11.2 Å². The fourth-order valence-corrected chi connectivity index (χ4v) is 4.34.